The second-order valence-corrected chi connectivity index (χ2v) is 7.05. The molecule has 1 aliphatic rings. The molecule has 6 heteroatoms. The maximum Gasteiger partial charge on any atom is 0.191 e. The average Bonchev–Trinajstić information content (AvgIpc) is 3.04. The number of methoxy groups -OCH3 is 1. The molecule has 1 aromatic heterocycles. The SMILES string of the molecule is CN=C(NCc1ccc(OC)cc1)NCc1ccnc(N2CCCCCC2)c1. The molecule has 2 N–H and O–H groups in total. The molecule has 0 spiro atoms. The van der Waals surface area contributed by atoms with Crippen LogP contribution in [0.1, 0.15) is 36.8 Å². The van der Waals surface area contributed by atoms with Gasteiger partial charge in [-0.25, -0.2) is 4.98 Å². The summed E-state index contributed by atoms with van der Waals surface area (Å²) < 4.78 is 5.20. The van der Waals surface area contributed by atoms with Gasteiger partial charge in [-0.15, -0.1) is 0 Å². The van der Waals surface area contributed by atoms with E-state index in [4.69, 9.17) is 4.74 Å². The fourth-order valence-electron chi connectivity index (χ4n) is 3.38. The highest BCUT2D eigenvalue weighted by Crippen LogP contribution is 2.18. The van der Waals surface area contributed by atoms with Crippen molar-refractivity contribution in [3.05, 3.63) is 53.7 Å². The Morgan fingerprint density at radius 3 is 2.32 bits per heavy atom. The fourth-order valence-corrected chi connectivity index (χ4v) is 3.38. The largest absolute Gasteiger partial charge is 0.497 e. The highest BCUT2D eigenvalue weighted by molar-refractivity contribution is 5.79. The molecule has 0 unspecified atom stereocenters. The Morgan fingerprint density at radius 1 is 1.00 bits per heavy atom. The van der Waals surface area contributed by atoms with E-state index in [1.807, 2.05) is 18.3 Å². The van der Waals surface area contributed by atoms with Crippen molar-refractivity contribution in [2.75, 3.05) is 32.1 Å². The summed E-state index contributed by atoms with van der Waals surface area (Å²) in [6.07, 6.45) is 7.07. The molecular formula is C22H31N5O. The van der Waals surface area contributed by atoms with Crippen LogP contribution in [-0.4, -0.2) is 38.2 Å². The van der Waals surface area contributed by atoms with Gasteiger partial charge in [0.05, 0.1) is 7.11 Å². The van der Waals surface area contributed by atoms with Crippen molar-refractivity contribution < 1.29 is 4.74 Å². The summed E-state index contributed by atoms with van der Waals surface area (Å²) in [4.78, 5) is 11.3. The lowest BCUT2D eigenvalue weighted by atomic mass is 10.2. The van der Waals surface area contributed by atoms with Gasteiger partial charge in [-0.2, -0.15) is 0 Å². The highest BCUT2D eigenvalue weighted by atomic mass is 16.5. The van der Waals surface area contributed by atoms with Crippen molar-refractivity contribution in [2.45, 2.75) is 38.8 Å². The predicted octanol–water partition coefficient (Wildman–Crippen LogP) is 3.34. The molecule has 28 heavy (non-hydrogen) atoms. The van der Waals surface area contributed by atoms with Crippen LogP contribution < -0.4 is 20.3 Å². The monoisotopic (exact) mass is 381 g/mol. The van der Waals surface area contributed by atoms with Crippen molar-refractivity contribution in [2.24, 2.45) is 4.99 Å². The summed E-state index contributed by atoms with van der Waals surface area (Å²) in [5.74, 6) is 2.73. The van der Waals surface area contributed by atoms with Gasteiger partial charge in [-0.05, 0) is 48.2 Å². The summed E-state index contributed by atoms with van der Waals surface area (Å²) in [6, 6.07) is 12.3. The zero-order valence-corrected chi connectivity index (χ0v) is 16.9. The van der Waals surface area contributed by atoms with Crippen LogP contribution in [0.4, 0.5) is 5.82 Å². The van der Waals surface area contributed by atoms with Crippen LogP contribution in [0, 0.1) is 0 Å². The van der Waals surface area contributed by atoms with E-state index in [1.165, 1.54) is 36.8 Å². The smallest absolute Gasteiger partial charge is 0.191 e. The summed E-state index contributed by atoms with van der Waals surface area (Å²) in [5.41, 5.74) is 2.39. The zero-order chi connectivity index (χ0) is 19.6. The molecule has 0 amide bonds. The quantitative estimate of drug-likeness (QED) is 0.594. The minimum atomic E-state index is 0.707. The Balaban J connectivity index is 1.52. The first-order valence-electron chi connectivity index (χ1n) is 10.1. The van der Waals surface area contributed by atoms with Gasteiger partial charge in [-0.3, -0.25) is 4.99 Å². The van der Waals surface area contributed by atoms with Gasteiger partial charge in [0, 0.05) is 39.4 Å². The summed E-state index contributed by atoms with van der Waals surface area (Å²) in [6.45, 7) is 3.63. The number of rotatable bonds is 6. The van der Waals surface area contributed by atoms with Crippen molar-refractivity contribution in [1.82, 2.24) is 15.6 Å². The number of pyridine rings is 1. The van der Waals surface area contributed by atoms with Gasteiger partial charge < -0.3 is 20.3 Å². The second kappa shape index (κ2) is 10.5. The lowest BCUT2D eigenvalue weighted by molar-refractivity contribution is 0.414. The Bertz CT molecular complexity index is 752. The minimum absolute atomic E-state index is 0.707. The predicted molar refractivity (Wildman–Crippen MR) is 115 cm³/mol. The number of benzene rings is 1. The number of nitrogens with one attached hydrogen (secondary N) is 2. The van der Waals surface area contributed by atoms with E-state index in [0.717, 1.165) is 30.6 Å². The van der Waals surface area contributed by atoms with E-state index >= 15 is 0 Å². The van der Waals surface area contributed by atoms with Crippen molar-refractivity contribution in [1.29, 1.82) is 0 Å². The van der Waals surface area contributed by atoms with Gasteiger partial charge in [0.15, 0.2) is 5.96 Å². The van der Waals surface area contributed by atoms with Crippen LogP contribution >= 0.6 is 0 Å². The normalized spacial score (nSPS) is 15.1. The van der Waals surface area contributed by atoms with Gasteiger partial charge in [-0.1, -0.05) is 25.0 Å². The first-order valence-corrected chi connectivity index (χ1v) is 10.1. The molecule has 1 aromatic carbocycles. The van der Waals surface area contributed by atoms with Crippen molar-refractivity contribution in [3.8, 4) is 5.75 Å². The molecule has 150 valence electrons. The minimum Gasteiger partial charge on any atom is -0.497 e. The Morgan fingerprint density at radius 2 is 1.68 bits per heavy atom. The maximum absolute atomic E-state index is 5.20. The van der Waals surface area contributed by atoms with E-state index < -0.39 is 0 Å². The molecule has 0 radical (unpaired) electrons. The van der Waals surface area contributed by atoms with E-state index in [9.17, 15) is 0 Å². The van der Waals surface area contributed by atoms with E-state index in [0.29, 0.717) is 13.1 Å². The summed E-state index contributed by atoms with van der Waals surface area (Å²) >= 11 is 0. The van der Waals surface area contributed by atoms with Gasteiger partial charge in [0.1, 0.15) is 11.6 Å². The number of aromatic nitrogens is 1. The molecule has 0 saturated carbocycles. The van der Waals surface area contributed by atoms with Crippen LogP contribution in [0.2, 0.25) is 0 Å². The van der Waals surface area contributed by atoms with Crippen molar-refractivity contribution in [3.63, 3.8) is 0 Å². The molecule has 2 heterocycles. The number of guanidine groups is 1. The Kier molecular flexibility index (Phi) is 7.53. The van der Waals surface area contributed by atoms with Crippen LogP contribution in [0.5, 0.6) is 5.75 Å². The molecule has 1 saturated heterocycles. The number of anilines is 1. The Hall–Kier alpha value is -2.76. The van der Waals surface area contributed by atoms with E-state index in [-0.39, 0.29) is 0 Å². The van der Waals surface area contributed by atoms with Gasteiger partial charge in [0.2, 0.25) is 0 Å². The maximum atomic E-state index is 5.20. The lowest BCUT2D eigenvalue weighted by Gasteiger charge is -2.22. The average molecular weight is 382 g/mol. The topological polar surface area (TPSA) is 61.8 Å². The first-order chi connectivity index (χ1) is 13.8. The third kappa shape index (κ3) is 5.87. The number of aliphatic imine (C=N–C) groups is 1. The lowest BCUT2D eigenvalue weighted by Crippen LogP contribution is -2.36. The number of nitrogens with zero attached hydrogens (tertiary/aromatic N) is 3. The van der Waals surface area contributed by atoms with Crippen molar-refractivity contribution >= 4 is 11.8 Å². The molecule has 0 aliphatic carbocycles. The van der Waals surface area contributed by atoms with Crippen LogP contribution in [0.15, 0.2) is 47.6 Å². The molecular weight excluding hydrogens is 350 g/mol. The number of hydrogen-bond acceptors (Lipinski definition) is 4. The number of hydrogen-bond donors (Lipinski definition) is 2. The molecule has 1 aliphatic heterocycles. The molecule has 3 rings (SSSR count). The summed E-state index contributed by atoms with van der Waals surface area (Å²) in [5, 5.41) is 6.74. The van der Waals surface area contributed by atoms with E-state index in [2.05, 4.69) is 49.8 Å². The third-order valence-corrected chi connectivity index (χ3v) is 5.04. The number of ether oxygens (including phenoxy) is 1. The van der Waals surface area contributed by atoms with Gasteiger partial charge in [0.25, 0.3) is 0 Å². The highest BCUT2D eigenvalue weighted by Gasteiger charge is 2.11. The van der Waals surface area contributed by atoms with E-state index in [1.54, 1.807) is 14.2 Å². The first kappa shape index (κ1) is 20.0. The fraction of sp³-hybridized carbons (Fsp3) is 0.455. The molecule has 6 nitrogen and oxygen atoms in total. The molecule has 0 bridgehead atoms. The standard InChI is InChI=1S/C22H31N5O/c1-23-22(25-16-18-7-9-20(28-2)10-8-18)26-17-19-11-12-24-21(15-19)27-13-5-3-4-6-14-27/h7-12,15H,3-6,13-14,16-17H2,1-2H3,(H2,23,25,26). The second-order valence-electron chi connectivity index (χ2n) is 7.05. The van der Waals surface area contributed by atoms with Gasteiger partial charge >= 0.3 is 0 Å². The molecule has 0 atom stereocenters. The Labute approximate surface area is 168 Å². The summed E-state index contributed by atoms with van der Waals surface area (Å²) in [7, 11) is 3.47. The van der Waals surface area contributed by atoms with Crippen LogP contribution in [0.3, 0.4) is 0 Å². The third-order valence-electron chi connectivity index (χ3n) is 5.04. The zero-order valence-electron chi connectivity index (χ0n) is 16.9. The van der Waals surface area contributed by atoms with Crippen LogP contribution in [-0.2, 0) is 13.1 Å². The van der Waals surface area contributed by atoms with Crippen LogP contribution in [0.25, 0.3) is 0 Å². The molecule has 2 aromatic rings. The molecule has 1 fully saturated rings.